The van der Waals surface area contributed by atoms with Crippen LogP contribution in [0.3, 0.4) is 0 Å². The molecular weight excluding hydrogens is 219 g/mol. The fraction of sp³-hybridized carbons (Fsp3) is 0.700. The van der Waals surface area contributed by atoms with Crippen LogP contribution in [0.4, 0.5) is 13.2 Å². The Balaban J connectivity index is 2.99. The smallest absolute Gasteiger partial charge is 0.316 e. The average Bonchev–Trinajstić information content (AvgIpc) is 2.58. The van der Waals surface area contributed by atoms with E-state index >= 15 is 0 Å². The molecule has 1 aromatic rings. The Labute approximate surface area is 92.6 Å². The zero-order chi connectivity index (χ0) is 12.2. The van der Waals surface area contributed by atoms with E-state index in [4.69, 9.17) is 0 Å². The van der Waals surface area contributed by atoms with E-state index in [1.54, 1.807) is 7.05 Å². The summed E-state index contributed by atoms with van der Waals surface area (Å²) >= 11 is 0. The minimum Gasteiger partial charge on any atom is -0.316 e. The molecule has 0 radical (unpaired) electrons. The molecule has 6 heteroatoms. The Hall–Kier alpha value is -1.04. The molecule has 0 fully saturated rings. The number of unbranched alkanes of at least 4 members (excludes halogenated alkanes) is 1. The maximum Gasteiger partial charge on any atom is 0.433 e. The second-order valence-corrected chi connectivity index (χ2v) is 3.62. The number of rotatable bonds is 5. The molecule has 0 atom stereocenters. The molecule has 1 aromatic heterocycles. The van der Waals surface area contributed by atoms with Crippen LogP contribution < -0.4 is 5.32 Å². The lowest BCUT2D eigenvalue weighted by atomic mass is 10.2. The van der Waals surface area contributed by atoms with Crippen molar-refractivity contribution in [2.24, 2.45) is 0 Å². The van der Waals surface area contributed by atoms with Gasteiger partial charge in [-0.15, -0.1) is 0 Å². The molecule has 3 nitrogen and oxygen atoms in total. The molecule has 0 amide bonds. The summed E-state index contributed by atoms with van der Waals surface area (Å²) in [6.07, 6.45) is -1.51. The van der Waals surface area contributed by atoms with Crippen LogP contribution in [0.1, 0.15) is 31.0 Å². The van der Waals surface area contributed by atoms with Crippen molar-refractivity contribution in [1.82, 2.24) is 15.1 Å². The Kier molecular flexibility index (Phi) is 4.35. The molecule has 0 bridgehead atoms. The first-order chi connectivity index (χ1) is 7.50. The maximum atomic E-state index is 12.8. The second kappa shape index (κ2) is 5.34. The van der Waals surface area contributed by atoms with E-state index in [1.165, 1.54) is 6.20 Å². The standard InChI is InChI=1S/C10H16F3N3/c1-3-4-5-16-9(10(11,12)13)8(6-14-2)7-15-16/h7,14H,3-6H2,1-2H3. The van der Waals surface area contributed by atoms with Crippen LogP contribution in [-0.4, -0.2) is 16.8 Å². The summed E-state index contributed by atoms with van der Waals surface area (Å²) in [5.74, 6) is 0. The van der Waals surface area contributed by atoms with Gasteiger partial charge in [-0.3, -0.25) is 4.68 Å². The van der Waals surface area contributed by atoms with Gasteiger partial charge in [0.2, 0.25) is 0 Å². The molecule has 1 heterocycles. The van der Waals surface area contributed by atoms with Gasteiger partial charge in [-0.05, 0) is 13.5 Å². The van der Waals surface area contributed by atoms with Gasteiger partial charge in [0, 0.05) is 18.7 Å². The highest BCUT2D eigenvalue weighted by atomic mass is 19.4. The number of nitrogens with zero attached hydrogens (tertiary/aromatic N) is 2. The molecule has 16 heavy (non-hydrogen) atoms. The molecule has 0 aliphatic rings. The van der Waals surface area contributed by atoms with Crippen molar-refractivity contribution in [1.29, 1.82) is 0 Å². The Bertz CT molecular complexity index is 331. The third-order valence-corrected chi connectivity index (χ3v) is 2.27. The number of alkyl halides is 3. The van der Waals surface area contributed by atoms with Gasteiger partial charge in [0.1, 0.15) is 5.69 Å². The molecule has 0 saturated carbocycles. The lowest BCUT2D eigenvalue weighted by Crippen LogP contribution is -2.18. The second-order valence-electron chi connectivity index (χ2n) is 3.62. The van der Waals surface area contributed by atoms with Gasteiger partial charge in [-0.1, -0.05) is 13.3 Å². The largest absolute Gasteiger partial charge is 0.433 e. The summed E-state index contributed by atoms with van der Waals surface area (Å²) < 4.78 is 39.5. The number of aromatic nitrogens is 2. The van der Waals surface area contributed by atoms with Crippen LogP contribution in [0.2, 0.25) is 0 Å². The summed E-state index contributed by atoms with van der Waals surface area (Å²) in [4.78, 5) is 0. The van der Waals surface area contributed by atoms with Gasteiger partial charge in [0.25, 0.3) is 0 Å². The number of hydrogen-bond donors (Lipinski definition) is 1. The van der Waals surface area contributed by atoms with Crippen LogP contribution >= 0.6 is 0 Å². The van der Waals surface area contributed by atoms with Gasteiger partial charge in [0.05, 0.1) is 6.20 Å². The molecule has 0 aliphatic carbocycles. The van der Waals surface area contributed by atoms with E-state index in [-0.39, 0.29) is 12.1 Å². The number of nitrogens with one attached hydrogen (secondary N) is 1. The molecule has 0 aromatic carbocycles. The van der Waals surface area contributed by atoms with E-state index in [0.717, 1.165) is 11.1 Å². The quantitative estimate of drug-likeness (QED) is 0.849. The molecule has 92 valence electrons. The molecule has 0 aliphatic heterocycles. The zero-order valence-corrected chi connectivity index (χ0v) is 9.43. The maximum absolute atomic E-state index is 12.8. The van der Waals surface area contributed by atoms with E-state index < -0.39 is 11.9 Å². The van der Waals surface area contributed by atoms with Gasteiger partial charge in [-0.2, -0.15) is 18.3 Å². The monoisotopic (exact) mass is 235 g/mol. The average molecular weight is 235 g/mol. The summed E-state index contributed by atoms with van der Waals surface area (Å²) in [6.45, 7) is 2.43. The first kappa shape index (κ1) is 13.0. The van der Waals surface area contributed by atoms with Crippen molar-refractivity contribution in [3.8, 4) is 0 Å². The van der Waals surface area contributed by atoms with Crippen molar-refractivity contribution in [2.75, 3.05) is 7.05 Å². The van der Waals surface area contributed by atoms with E-state index in [9.17, 15) is 13.2 Å². The SMILES string of the molecule is CCCCn1ncc(CNC)c1C(F)(F)F. The van der Waals surface area contributed by atoms with Crippen molar-refractivity contribution < 1.29 is 13.2 Å². The summed E-state index contributed by atoms with van der Waals surface area (Å²) in [6, 6.07) is 0. The highest BCUT2D eigenvalue weighted by molar-refractivity contribution is 5.20. The molecule has 1 N–H and O–H groups in total. The van der Waals surface area contributed by atoms with Crippen LogP contribution in [0.25, 0.3) is 0 Å². The normalized spacial score (nSPS) is 12.1. The summed E-state index contributed by atoms with van der Waals surface area (Å²) in [5.41, 5.74) is -0.429. The predicted octanol–water partition coefficient (Wildman–Crippen LogP) is 2.42. The van der Waals surface area contributed by atoms with E-state index in [0.29, 0.717) is 13.0 Å². The van der Waals surface area contributed by atoms with E-state index in [1.807, 2.05) is 6.92 Å². The van der Waals surface area contributed by atoms with Gasteiger partial charge in [-0.25, -0.2) is 0 Å². The minimum atomic E-state index is -4.34. The Morgan fingerprint density at radius 3 is 2.62 bits per heavy atom. The molecular formula is C10H16F3N3. The van der Waals surface area contributed by atoms with Gasteiger partial charge >= 0.3 is 6.18 Å². The lowest BCUT2D eigenvalue weighted by Gasteiger charge is -2.12. The first-order valence-electron chi connectivity index (χ1n) is 5.27. The third kappa shape index (κ3) is 2.98. The fourth-order valence-corrected chi connectivity index (χ4v) is 1.55. The van der Waals surface area contributed by atoms with E-state index in [2.05, 4.69) is 10.4 Å². The Morgan fingerprint density at radius 1 is 1.44 bits per heavy atom. The van der Waals surface area contributed by atoms with Gasteiger partial charge in [0.15, 0.2) is 0 Å². The molecule has 0 saturated heterocycles. The molecule has 1 rings (SSSR count). The van der Waals surface area contributed by atoms with Gasteiger partial charge < -0.3 is 5.32 Å². The van der Waals surface area contributed by atoms with Crippen LogP contribution in [-0.2, 0) is 19.3 Å². The first-order valence-corrected chi connectivity index (χ1v) is 5.27. The van der Waals surface area contributed by atoms with Crippen molar-refractivity contribution in [3.05, 3.63) is 17.5 Å². The minimum absolute atomic E-state index is 0.182. The molecule has 0 spiro atoms. The third-order valence-electron chi connectivity index (χ3n) is 2.27. The predicted molar refractivity (Wildman–Crippen MR) is 54.9 cm³/mol. The topological polar surface area (TPSA) is 29.9 Å². The zero-order valence-electron chi connectivity index (χ0n) is 9.43. The number of aryl methyl sites for hydroxylation is 1. The fourth-order valence-electron chi connectivity index (χ4n) is 1.55. The van der Waals surface area contributed by atoms with Crippen molar-refractivity contribution >= 4 is 0 Å². The Morgan fingerprint density at radius 2 is 2.12 bits per heavy atom. The number of hydrogen-bond acceptors (Lipinski definition) is 2. The molecule has 0 unspecified atom stereocenters. The highest BCUT2D eigenvalue weighted by Gasteiger charge is 2.37. The number of halogens is 3. The summed E-state index contributed by atoms with van der Waals surface area (Å²) in [5, 5.41) is 6.51. The lowest BCUT2D eigenvalue weighted by molar-refractivity contribution is -0.144. The van der Waals surface area contributed by atoms with Crippen LogP contribution in [0.5, 0.6) is 0 Å². The highest BCUT2D eigenvalue weighted by Crippen LogP contribution is 2.32. The van der Waals surface area contributed by atoms with Crippen LogP contribution in [0, 0.1) is 0 Å². The summed E-state index contributed by atoms with van der Waals surface area (Å²) in [7, 11) is 1.61. The van der Waals surface area contributed by atoms with Crippen molar-refractivity contribution in [2.45, 2.75) is 39.0 Å². The van der Waals surface area contributed by atoms with Crippen LogP contribution in [0.15, 0.2) is 6.20 Å². The van der Waals surface area contributed by atoms with Crippen molar-refractivity contribution in [3.63, 3.8) is 0 Å².